The zero-order valence-corrected chi connectivity index (χ0v) is 37.1. The number of carbonyl (C=O) groups is 13. The van der Waals surface area contributed by atoms with Gasteiger partial charge in [-0.3, -0.25) is 67.2 Å². The number of ketones is 4. The van der Waals surface area contributed by atoms with Crippen LogP contribution in [0.5, 0.6) is 0 Å². The summed E-state index contributed by atoms with van der Waals surface area (Å²) < 4.78 is 10.2. The van der Waals surface area contributed by atoms with Crippen LogP contribution >= 0.6 is 11.8 Å². The molecular formula is C41H59N3O20S. The number of hydrogen-bond donors (Lipinski definition) is 7. The lowest BCUT2D eigenvalue weighted by molar-refractivity contribution is -0.141. The number of carboxylic acid groups (broad SMARTS) is 5. The zero-order valence-electron chi connectivity index (χ0n) is 36.3. The van der Waals surface area contributed by atoms with Crippen LogP contribution in [0.3, 0.4) is 0 Å². The first-order chi connectivity index (χ1) is 30.5. The highest BCUT2D eigenvalue weighted by Gasteiger charge is 2.39. The molecule has 7 N–H and O–H groups in total. The Hall–Kier alpha value is -5.62. The number of carboxylic acids is 5. The predicted molar refractivity (Wildman–Crippen MR) is 223 cm³/mol. The van der Waals surface area contributed by atoms with E-state index in [0.29, 0.717) is 25.6 Å². The van der Waals surface area contributed by atoms with E-state index >= 15 is 0 Å². The van der Waals surface area contributed by atoms with Crippen LogP contribution in [0.1, 0.15) is 103 Å². The zero-order chi connectivity index (χ0) is 49.2. The molecule has 6 atom stereocenters. The van der Waals surface area contributed by atoms with Crippen LogP contribution < -0.4 is 10.6 Å². The molecule has 364 valence electrons. The van der Waals surface area contributed by atoms with Gasteiger partial charge in [0.15, 0.2) is 11.6 Å². The van der Waals surface area contributed by atoms with Gasteiger partial charge in [-0.15, -0.1) is 11.8 Å². The molecule has 1 unspecified atom stereocenters. The normalized spacial score (nSPS) is 15.8. The first-order valence-corrected chi connectivity index (χ1v) is 21.9. The lowest BCUT2D eigenvalue weighted by Gasteiger charge is -2.25. The highest BCUT2D eigenvalue weighted by molar-refractivity contribution is 8.00. The summed E-state index contributed by atoms with van der Waals surface area (Å²) in [6.07, 6.45) is -8.03. The number of rotatable bonds is 38. The Morgan fingerprint density at radius 3 is 1.49 bits per heavy atom. The average Bonchev–Trinajstić information content (AvgIpc) is 3.49. The Balaban J connectivity index is 3.24. The van der Waals surface area contributed by atoms with Crippen LogP contribution in [0, 0.1) is 17.8 Å². The molecule has 0 aromatic rings. The number of Topliss-reactive ketones (excluding diaryl/α,β-unsaturated/α-hetero) is 4. The molecule has 0 bridgehead atoms. The SMILES string of the molecule is COCCOCCSC1CC(=O)N(CCC(=O)C[C@H](CCC(=O)O)C(=O)N[C@H](CCC(=O)O)C(=O)C[C@H](CCC(=O)O)C(=O)N[C@H](CCC(=O)O)C(=O)C[C@H](CCC(=O)O)C(C)=O)C1=O. The number of thioether (sulfide) groups is 1. The number of nitrogens with one attached hydrogen (secondary N) is 2. The molecule has 24 heteroatoms. The number of methoxy groups -OCH3 is 1. The molecule has 1 aliphatic rings. The van der Waals surface area contributed by atoms with Crippen LogP contribution in [0.15, 0.2) is 0 Å². The van der Waals surface area contributed by atoms with Crippen molar-refractivity contribution >= 4 is 88.4 Å². The molecule has 0 aliphatic carbocycles. The van der Waals surface area contributed by atoms with Crippen LogP contribution in [0.2, 0.25) is 0 Å². The molecule has 0 radical (unpaired) electrons. The van der Waals surface area contributed by atoms with Crippen molar-refractivity contribution < 1.29 is 97.3 Å². The van der Waals surface area contributed by atoms with Gasteiger partial charge in [0.1, 0.15) is 11.6 Å². The molecule has 0 aromatic carbocycles. The van der Waals surface area contributed by atoms with E-state index in [0.717, 1.165) is 11.8 Å². The molecular weight excluding hydrogens is 887 g/mol. The predicted octanol–water partition coefficient (Wildman–Crippen LogP) is 0.509. The standard InChI is InChI=1S/C41H59N3O20S/c1-23(45)24(3-8-34(50)51)20-30(47)28(6-11-37(56)57)43-40(61)26(5-10-36(54)55)21-31(48)29(7-12-38(58)59)42-39(60)25(4-9-35(52)53)19-27(46)13-14-44-33(49)22-32(41(44)62)65-18-17-64-16-15-63-2/h24-26,28-29,32H,3-22H2,1-2H3,(H,42,60)(H,43,61)(H,50,51)(H,52,53)(H,54,55)(H,56,57)(H,58,59)/t24-,25-,26-,28+,29+,32?/m0/s1. The fourth-order valence-corrected chi connectivity index (χ4v) is 7.66. The summed E-state index contributed by atoms with van der Waals surface area (Å²) in [5.41, 5.74) is 0. The minimum atomic E-state index is -1.68. The van der Waals surface area contributed by atoms with Gasteiger partial charge in [-0.1, -0.05) is 0 Å². The van der Waals surface area contributed by atoms with E-state index in [1.807, 2.05) is 0 Å². The molecule has 4 amide bonds. The maximum Gasteiger partial charge on any atom is 0.303 e. The van der Waals surface area contributed by atoms with Crippen molar-refractivity contribution in [2.75, 3.05) is 39.2 Å². The molecule has 0 spiro atoms. The average molecular weight is 946 g/mol. The van der Waals surface area contributed by atoms with Gasteiger partial charge in [0.05, 0.1) is 37.2 Å². The van der Waals surface area contributed by atoms with E-state index in [1.165, 1.54) is 18.9 Å². The van der Waals surface area contributed by atoms with Gasteiger partial charge in [-0.2, -0.15) is 0 Å². The number of ether oxygens (including phenoxy) is 2. The van der Waals surface area contributed by atoms with Gasteiger partial charge in [0.25, 0.3) is 0 Å². The third-order valence-corrected chi connectivity index (χ3v) is 11.5. The quantitative estimate of drug-likeness (QED) is 0.0327. The third kappa shape index (κ3) is 23.8. The summed E-state index contributed by atoms with van der Waals surface area (Å²) in [6, 6.07) is -3.27. The summed E-state index contributed by atoms with van der Waals surface area (Å²) in [7, 11) is 1.51. The highest BCUT2D eigenvalue weighted by atomic mass is 32.2. The maximum atomic E-state index is 13.8. The first-order valence-electron chi connectivity index (χ1n) is 20.9. The molecule has 1 aliphatic heterocycles. The highest BCUT2D eigenvalue weighted by Crippen LogP contribution is 2.26. The minimum absolute atomic E-state index is 0.106. The summed E-state index contributed by atoms with van der Waals surface area (Å²) >= 11 is 1.21. The number of hydrogen-bond acceptors (Lipinski definition) is 16. The smallest absolute Gasteiger partial charge is 0.303 e. The number of carbonyl (C=O) groups excluding carboxylic acids is 8. The summed E-state index contributed by atoms with van der Waals surface area (Å²) in [5, 5.41) is 50.4. The van der Waals surface area contributed by atoms with Gasteiger partial charge in [-0.05, 0) is 39.0 Å². The Morgan fingerprint density at radius 2 is 1.05 bits per heavy atom. The van der Waals surface area contributed by atoms with E-state index in [9.17, 15) is 82.8 Å². The second-order valence-electron chi connectivity index (χ2n) is 15.4. The van der Waals surface area contributed by atoms with Gasteiger partial charge < -0.3 is 45.6 Å². The van der Waals surface area contributed by atoms with Crippen LogP contribution in [0.4, 0.5) is 0 Å². The van der Waals surface area contributed by atoms with E-state index in [-0.39, 0.29) is 19.4 Å². The first kappa shape index (κ1) is 57.4. The van der Waals surface area contributed by atoms with Crippen molar-refractivity contribution in [2.24, 2.45) is 17.8 Å². The molecule has 1 saturated heterocycles. The number of aliphatic carboxylic acids is 5. The maximum absolute atomic E-state index is 13.8. The molecule has 0 saturated carbocycles. The van der Waals surface area contributed by atoms with Crippen molar-refractivity contribution in [3.8, 4) is 0 Å². The Morgan fingerprint density at radius 1 is 0.615 bits per heavy atom. The number of amides is 4. The van der Waals surface area contributed by atoms with E-state index in [2.05, 4.69) is 10.6 Å². The monoisotopic (exact) mass is 945 g/mol. The Bertz CT molecular complexity index is 1750. The van der Waals surface area contributed by atoms with Crippen LogP contribution in [-0.4, -0.2) is 164 Å². The van der Waals surface area contributed by atoms with E-state index < -0.39 is 195 Å². The third-order valence-electron chi connectivity index (χ3n) is 10.3. The molecule has 1 rings (SSSR count). The van der Waals surface area contributed by atoms with Gasteiger partial charge in [0.2, 0.25) is 23.6 Å². The minimum Gasteiger partial charge on any atom is -0.481 e. The Labute approximate surface area is 378 Å². The second-order valence-corrected chi connectivity index (χ2v) is 16.7. The van der Waals surface area contributed by atoms with Crippen molar-refractivity contribution in [1.82, 2.24) is 15.5 Å². The molecule has 65 heavy (non-hydrogen) atoms. The van der Waals surface area contributed by atoms with Crippen LogP contribution in [-0.2, 0) is 71.8 Å². The van der Waals surface area contributed by atoms with Crippen molar-refractivity contribution in [3.05, 3.63) is 0 Å². The van der Waals surface area contributed by atoms with E-state index in [1.54, 1.807) is 0 Å². The van der Waals surface area contributed by atoms with E-state index in [4.69, 9.17) is 14.6 Å². The summed E-state index contributed by atoms with van der Waals surface area (Å²) in [6.45, 7) is 1.82. The number of nitrogens with zero attached hydrogens (tertiary/aromatic N) is 1. The molecule has 23 nitrogen and oxygen atoms in total. The summed E-state index contributed by atoms with van der Waals surface area (Å²) in [5.74, 6) is -16.7. The van der Waals surface area contributed by atoms with Crippen molar-refractivity contribution in [3.63, 3.8) is 0 Å². The molecule has 1 heterocycles. The lowest BCUT2D eigenvalue weighted by Crippen LogP contribution is -2.48. The summed E-state index contributed by atoms with van der Waals surface area (Å²) in [4.78, 5) is 163. The largest absolute Gasteiger partial charge is 0.481 e. The number of likely N-dealkylation sites (tertiary alicyclic amines) is 1. The molecule has 0 aromatic heterocycles. The van der Waals surface area contributed by atoms with Gasteiger partial charge >= 0.3 is 29.8 Å². The van der Waals surface area contributed by atoms with Gasteiger partial charge in [-0.25, -0.2) is 0 Å². The van der Waals surface area contributed by atoms with Crippen LogP contribution in [0.25, 0.3) is 0 Å². The number of imide groups is 1. The fraction of sp³-hybridized carbons (Fsp3) is 0.683. The Kier molecular flexibility index (Phi) is 26.9. The fourth-order valence-electron chi connectivity index (χ4n) is 6.63. The van der Waals surface area contributed by atoms with Crippen molar-refractivity contribution in [2.45, 2.75) is 121 Å². The second kappa shape index (κ2) is 30.5. The lowest BCUT2D eigenvalue weighted by atomic mass is 9.88. The van der Waals surface area contributed by atoms with Crippen molar-refractivity contribution in [1.29, 1.82) is 0 Å². The molecule has 1 fully saturated rings. The van der Waals surface area contributed by atoms with Gasteiger partial charge in [0, 0.05) is 101 Å². The topological polar surface area (TPSA) is 369 Å².